The van der Waals surface area contributed by atoms with Gasteiger partial charge in [-0.15, -0.1) is 0 Å². The average Bonchev–Trinajstić information content (AvgIpc) is 2.53. The molecule has 0 spiro atoms. The monoisotopic (exact) mass is 301 g/mol. The van der Waals surface area contributed by atoms with Gasteiger partial charge in [-0.3, -0.25) is 4.79 Å². The van der Waals surface area contributed by atoms with Gasteiger partial charge >= 0.3 is 0 Å². The number of nitriles is 1. The van der Waals surface area contributed by atoms with Crippen molar-refractivity contribution in [3.63, 3.8) is 0 Å². The van der Waals surface area contributed by atoms with Crippen molar-refractivity contribution in [1.82, 2.24) is 10.6 Å². The molecular formula is C17H23N3O2. The third kappa shape index (κ3) is 6.91. The van der Waals surface area contributed by atoms with Gasteiger partial charge in [-0.1, -0.05) is 29.8 Å². The second kappa shape index (κ2) is 10.4. The van der Waals surface area contributed by atoms with Crippen LogP contribution in [0.4, 0.5) is 0 Å². The Bertz CT molecular complexity index is 530. The SMILES string of the molecule is CCOCCCNC(=O)/C(C#N)=C\NCc1ccc(C)cc1. The molecule has 0 heterocycles. The molecule has 5 heteroatoms. The standard InChI is InChI=1S/C17H23N3O2/c1-3-22-10-4-9-20-17(21)16(11-18)13-19-12-15-7-5-14(2)6-8-15/h5-8,13,19H,3-4,9-10,12H2,1-2H3,(H,20,21)/b16-13-. The summed E-state index contributed by atoms with van der Waals surface area (Å²) in [4.78, 5) is 11.8. The van der Waals surface area contributed by atoms with Gasteiger partial charge in [0.1, 0.15) is 11.6 Å². The number of nitrogens with one attached hydrogen (secondary N) is 2. The number of amides is 1. The predicted octanol–water partition coefficient (Wildman–Crippen LogP) is 2.03. The van der Waals surface area contributed by atoms with Gasteiger partial charge in [-0.05, 0) is 25.8 Å². The first-order valence-electron chi connectivity index (χ1n) is 7.42. The Hall–Kier alpha value is -2.32. The third-order valence-electron chi connectivity index (χ3n) is 2.99. The molecule has 118 valence electrons. The molecule has 0 unspecified atom stereocenters. The van der Waals surface area contributed by atoms with Crippen LogP contribution in [0.5, 0.6) is 0 Å². The van der Waals surface area contributed by atoms with Crippen molar-refractivity contribution in [3.05, 3.63) is 47.2 Å². The number of benzene rings is 1. The van der Waals surface area contributed by atoms with E-state index in [0.717, 1.165) is 12.0 Å². The van der Waals surface area contributed by atoms with Gasteiger partial charge < -0.3 is 15.4 Å². The van der Waals surface area contributed by atoms with Crippen LogP contribution in [-0.2, 0) is 16.1 Å². The Labute approximate surface area is 132 Å². The van der Waals surface area contributed by atoms with Crippen LogP contribution in [0.15, 0.2) is 36.0 Å². The normalized spacial score (nSPS) is 10.9. The lowest BCUT2D eigenvalue weighted by Gasteiger charge is -2.05. The third-order valence-corrected chi connectivity index (χ3v) is 2.99. The van der Waals surface area contributed by atoms with Gasteiger partial charge in [-0.25, -0.2) is 0 Å². The fourth-order valence-electron chi connectivity index (χ4n) is 1.74. The lowest BCUT2D eigenvalue weighted by atomic mass is 10.1. The van der Waals surface area contributed by atoms with Crippen LogP contribution >= 0.6 is 0 Å². The van der Waals surface area contributed by atoms with Crippen LogP contribution in [0.3, 0.4) is 0 Å². The zero-order valence-electron chi connectivity index (χ0n) is 13.2. The van der Waals surface area contributed by atoms with Gasteiger partial charge in [0.15, 0.2) is 0 Å². The maximum absolute atomic E-state index is 11.8. The molecule has 0 bridgehead atoms. The lowest BCUT2D eigenvalue weighted by Crippen LogP contribution is -2.27. The van der Waals surface area contributed by atoms with E-state index in [4.69, 9.17) is 10.00 Å². The minimum atomic E-state index is -0.365. The minimum Gasteiger partial charge on any atom is -0.386 e. The van der Waals surface area contributed by atoms with E-state index in [1.807, 2.05) is 44.2 Å². The van der Waals surface area contributed by atoms with E-state index in [0.29, 0.717) is 26.3 Å². The molecule has 1 amide bonds. The highest BCUT2D eigenvalue weighted by Gasteiger charge is 2.07. The molecule has 0 saturated heterocycles. The van der Waals surface area contributed by atoms with Gasteiger partial charge in [0.2, 0.25) is 0 Å². The van der Waals surface area contributed by atoms with E-state index in [2.05, 4.69) is 10.6 Å². The van der Waals surface area contributed by atoms with Crippen LogP contribution in [-0.4, -0.2) is 25.7 Å². The first-order valence-corrected chi connectivity index (χ1v) is 7.42. The first kappa shape index (κ1) is 17.7. The van der Waals surface area contributed by atoms with Crippen molar-refractivity contribution in [2.45, 2.75) is 26.8 Å². The van der Waals surface area contributed by atoms with Crippen LogP contribution in [0.1, 0.15) is 24.5 Å². The molecule has 5 nitrogen and oxygen atoms in total. The summed E-state index contributed by atoms with van der Waals surface area (Å²) >= 11 is 0. The van der Waals surface area contributed by atoms with Crippen LogP contribution in [0.25, 0.3) is 0 Å². The molecule has 0 aliphatic carbocycles. The molecule has 22 heavy (non-hydrogen) atoms. The quantitative estimate of drug-likeness (QED) is 0.416. The number of nitrogens with zero attached hydrogens (tertiary/aromatic N) is 1. The summed E-state index contributed by atoms with van der Waals surface area (Å²) in [6.45, 7) is 6.29. The molecule has 0 aliphatic heterocycles. The van der Waals surface area contributed by atoms with E-state index in [1.165, 1.54) is 11.8 Å². The zero-order chi connectivity index (χ0) is 16.2. The highest BCUT2D eigenvalue weighted by Crippen LogP contribution is 2.02. The molecule has 0 atom stereocenters. The fourth-order valence-corrected chi connectivity index (χ4v) is 1.74. The van der Waals surface area contributed by atoms with E-state index in [1.54, 1.807) is 0 Å². The zero-order valence-corrected chi connectivity index (χ0v) is 13.2. The summed E-state index contributed by atoms with van der Waals surface area (Å²) in [5, 5.41) is 14.7. The molecule has 0 aromatic heterocycles. The Kier molecular flexibility index (Phi) is 8.39. The summed E-state index contributed by atoms with van der Waals surface area (Å²) in [7, 11) is 0. The van der Waals surface area contributed by atoms with Crippen molar-refractivity contribution in [2.24, 2.45) is 0 Å². The highest BCUT2D eigenvalue weighted by atomic mass is 16.5. The van der Waals surface area contributed by atoms with Crippen molar-refractivity contribution >= 4 is 5.91 Å². The van der Waals surface area contributed by atoms with Gasteiger partial charge in [0.05, 0.1) is 0 Å². The maximum Gasteiger partial charge on any atom is 0.263 e. The molecule has 0 aliphatic rings. The molecule has 2 N–H and O–H groups in total. The molecule has 0 saturated carbocycles. The first-order chi connectivity index (χ1) is 10.7. The summed E-state index contributed by atoms with van der Waals surface area (Å²) in [5.41, 5.74) is 2.36. The largest absolute Gasteiger partial charge is 0.386 e. The topological polar surface area (TPSA) is 74.1 Å². The summed E-state index contributed by atoms with van der Waals surface area (Å²) in [6.07, 6.45) is 2.19. The second-order valence-electron chi connectivity index (χ2n) is 4.84. The predicted molar refractivity (Wildman–Crippen MR) is 85.8 cm³/mol. The van der Waals surface area contributed by atoms with E-state index < -0.39 is 0 Å². The Morgan fingerprint density at radius 1 is 1.36 bits per heavy atom. The van der Waals surface area contributed by atoms with Gasteiger partial charge in [0.25, 0.3) is 5.91 Å². The van der Waals surface area contributed by atoms with Crippen molar-refractivity contribution in [2.75, 3.05) is 19.8 Å². The number of ether oxygens (including phenoxy) is 1. The number of carbonyl (C=O) groups excluding carboxylic acids is 1. The van der Waals surface area contributed by atoms with Gasteiger partial charge in [-0.2, -0.15) is 5.26 Å². The summed E-state index contributed by atoms with van der Waals surface area (Å²) in [5.74, 6) is -0.365. The number of hydrogen-bond donors (Lipinski definition) is 2. The summed E-state index contributed by atoms with van der Waals surface area (Å²) < 4.78 is 5.18. The highest BCUT2D eigenvalue weighted by molar-refractivity contribution is 5.97. The fraction of sp³-hybridized carbons (Fsp3) is 0.412. The Morgan fingerprint density at radius 3 is 2.73 bits per heavy atom. The second-order valence-corrected chi connectivity index (χ2v) is 4.84. The maximum atomic E-state index is 11.8. The molecule has 0 fully saturated rings. The van der Waals surface area contributed by atoms with Crippen LogP contribution in [0, 0.1) is 18.3 Å². The number of carbonyl (C=O) groups is 1. The molecule has 1 rings (SSSR count). The van der Waals surface area contributed by atoms with Crippen LogP contribution < -0.4 is 10.6 Å². The molecular weight excluding hydrogens is 278 g/mol. The van der Waals surface area contributed by atoms with Crippen molar-refractivity contribution in [1.29, 1.82) is 5.26 Å². The Morgan fingerprint density at radius 2 is 2.09 bits per heavy atom. The van der Waals surface area contributed by atoms with Crippen LogP contribution in [0.2, 0.25) is 0 Å². The number of hydrogen-bond acceptors (Lipinski definition) is 4. The number of aryl methyl sites for hydroxylation is 1. The molecule has 0 radical (unpaired) electrons. The molecule has 1 aromatic rings. The summed E-state index contributed by atoms with van der Waals surface area (Å²) in [6, 6.07) is 9.97. The molecule has 1 aromatic carbocycles. The van der Waals surface area contributed by atoms with E-state index in [9.17, 15) is 4.79 Å². The number of rotatable bonds is 9. The van der Waals surface area contributed by atoms with Crippen molar-refractivity contribution in [3.8, 4) is 6.07 Å². The Balaban J connectivity index is 2.37. The average molecular weight is 301 g/mol. The van der Waals surface area contributed by atoms with Gasteiger partial charge in [0, 0.05) is 32.5 Å². The lowest BCUT2D eigenvalue weighted by molar-refractivity contribution is -0.117. The van der Waals surface area contributed by atoms with E-state index >= 15 is 0 Å². The smallest absolute Gasteiger partial charge is 0.263 e. The minimum absolute atomic E-state index is 0.0727. The van der Waals surface area contributed by atoms with Crippen molar-refractivity contribution < 1.29 is 9.53 Å². The van der Waals surface area contributed by atoms with E-state index in [-0.39, 0.29) is 11.5 Å².